The van der Waals surface area contributed by atoms with Crippen molar-refractivity contribution in [1.29, 1.82) is 5.26 Å². The molecule has 2 saturated heterocycles. The molecule has 0 radical (unpaired) electrons. The zero-order chi connectivity index (χ0) is 20.1. The van der Waals surface area contributed by atoms with Crippen molar-refractivity contribution < 1.29 is 4.74 Å². The molecule has 4 N–H and O–H groups in total. The van der Waals surface area contributed by atoms with E-state index < -0.39 is 0 Å². The minimum absolute atomic E-state index is 0.0108. The normalized spacial score (nSPS) is 22.0. The summed E-state index contributed by atoms with van der Waals surface area (Å²) >= 11 is 0. The van der Waals surface area contributed by atoms with Gasteiger partial charge in [-0.3, -0.25) is 0 Å². The number of nitrogens with one attached hydrogen (secondary N) is 4. The van der Waals surface area contributed by atoms with Crippen LogP contribution < -0.4 is 31.1 Å². The predicted octanol–water partition coefficient (Wildman–Crippen LogP) is 1.13. The second kappa shape index (κ2) is 9.05. The minimum atomic E-state index is -0.0108. The molecule has 2 fully saturated rings. The van der Waals surface area contributed by atoms with Gasteiger partial charge in [-0.2, -0.15) is 5.26 Å². The second-order valence-electron chi connectivity index (χ2n) is 7.19. The van der Waals surface area contributed by atoms with Crippen LogP contribution in [0.4, 0.5) is 11.5 Å². The van der Waals surface area contributed by atoms with Gasteiger partial charge in [-0.15, -0.1) is 0 Å². The molecule has 3 heterocycles. The summed E-state index contributed by atoms with van der Waals surface area (Å²) in [6.07, 6.45) is 4.97. The molecular weight excluding hydrogens is 368 g/mol. The number of nitrogens with zero attached hydrogens (tertiary/aromatic N) is 4. The fraction of sp³-hybridized carbons (Fsp3) is 0.450. The Morgan fingerprint density at radius 2 is 2.14 bits per heavy atom. The largest absolute Gasteiger partial charge is 0.496 e. The summed E-state index contributed by atoms with van der Waals surface area (Å²) < 4.78 is 5.72. The van der Waals surface area contributed by atoms with Gasteiger partial charge in [0.25, 0.3) is 0 Å². The molecule has 2 aliphatic heterocycles. The lowest BCUT2D eigenvalue weighted by Gasteiger charge is -2.24. The Bertz CT molecular complexity index is 858. The summed E-state index contributed by atoms with van der Waals surface area (Å²) in [6.45, 7) is 4.13. The summed E-state index contributed by atoms with van der Waals surface area (Å²) in [5.41, 5.74) is 9.20. The van der Waals surface area contributed by atoms with Gasteiger partial charge in [0.05, 0.1) is 31.7 Å². The number of ether oxygens (including phenoxy) is 1. The smallest absolute Gasteiger partial charge is 0.158 e. The monoisotopic (exact) mass is 394 g/mol. The highest BCUT2D eigenvalue weighted by Gasteiger charge is 2.28. The Labute approximate surface area is 170 Å². The average Bonchev–Trinajstić information content (AvgIpc) is 3.05. The average molecular weight is 394 g/mol. The van der Waals surface area contributed by atoms with Crippen molar-refractivity contribution in [3.63, 3.8) is 0 Å². The first-order chi connectivity index (χ1) is 14.3. The maximum absolute atomic E-state index is 8.83. The van der Waals surface area contributed by atoms with Crippen LogP contribution in [-0.2, 0) is 0 Å². The number of anilines is 2. The number of rotatable bonds is 5. The number of hydrogen-bond acceptors (Lipinski definition) is 9. The SMILES string of the molecule is COc1cc(N2CCCNCC2)ccc1C1CC(Nc2cnc(C#N)cn2)NN1. The highest BCUT2D eigenvalue weighted by molar-refractivity contribution is 5.55. The standard InChI is InChI=1S/C20H26N8O/c1-29-18-9-15(28-7-2-5-22-6-8-28)3-4-16(18)17-10-19(27-26-17)25-20-13-23-14(11-21)12-24-20/h3-4,9,12-13,17,19,22,26-27H,2,5-8,10H2,1H3,(H,24,25). The van der Waals surface area contributed by atoms with Crippen LogP contribution >= 0.6 is 0 Å². The summed E-state index contributed by atoms with van der Waals surface area (Å²) in [5, 5.41) is 15.6. The van der Waals surface area contributed by atoms with Crippen molar-refractivity contribution >= 4 is 11.5 Å². The summed E-state index contributed by atoms with van der Waals surface area (Å²) in [7, 11) is 1.72. The molecule has 29 heavy (non-hydrogen) atoms. The van der Waals surface area contributed by atoms with Crippen LogP contribution in [0, 0.1) is 11.3 Å². The quantitative estimate of drug-likeness (QED) is 0.593. The van der Waals surface area contributed by atoms with Gasteiger partial charge in [0.2, 0.25) is 0 Å². The van der Waals surface area contributed by atoms with Crippen molar-refractivity contribution in [2.24, 2.45) is 0 Å². The maximum atomic E-state index is 8.83. The van der Waals surface area contributed by atoms with Crippen molar-refractivity contribution in [3.05, 3.63) is 41.9 Å². The second-order valence-corrected chi connectivity index (χ2v) is 7.19. The lowest BCUT2D eigenvalue weighted by atomic mass is 10.0. The zero-order valence-electron chi connectivity index (χ0n) is 16.5. The molecular formula is C20H26N8O. The Kier molecular flexibility index (Phi) is 6.05. The van der Waals surface area contributed by atoms with E-state index in [-0.39, 0.29) is 12.2 Å². The Balaban J connectivity index is 1.43. The summed E-state index contributed by atoms with van der Waals surface area (Å²) in [5.74, 6) is 1.51. The highest BCUT2D eigenvalue weighted by Crippen LogP contribution is 2.33. The molecule has 9 nitrogen and oxygen atoms in total. The van der Waals surface area contributed by atoms with E-state index in [1.807, 2.05) is 6.07 Å². The third-order valence-electron chi connectivity index (χ3n) is 5.29. The number of nitriles is 1. The van der Waals surface area contributed by atoms with Gasteiger partial charge in [-0.1, -0.05) is 6.07 Å². The van der Waals surface area contributed by atoms with Crippen molar-refractivity contribution in [2.75, 3.05) is 43.5 Å². The Morgan fingerprint density at radius 3 is 2.93 bits per heavy atom. The third-order valence-corrected chi connectivity index (χ3v) is 5.29. The van der Waals surface area contributed by atoms with Gasteiger partial charge in [-0.25, -0.2) is 20.8 Å². The van der Waals surface area contributed by atoms with Gasteiger partial charge in [0.15, 0.2) is 5.69 Å². The molecule has 2 aromatic rings. The van der Waals surface area contributed by atoms with Crippen LogP contribution in [0.2, 0.25) is 0 Å². The highest BCUT2D eigenvalue weighted by atomic mass is 16.5. The molecule has 1 aromatic heterocycles. The first kappa shape index (κ1) is 19.4. The zero-order valence-corrected chi connectivity index (χ0v) is 16.5. The van der Waals surface area contributed by atoms with E-state index in [4.69, 9.17) is 10.00 Å². The minimum Gasteiger partial charge on any atom is -0.496 e. The molecule has 2 unspecified atom stereocenters. The van der Waals surface area contributed by atoms with Crippen LogP contribution in [0.1, 0.15) is 30.1 Å². The Morgan fingerprint density at radius 1 is 1.21 bits per heavy atom. The fourth-order valence-corrected chi connectivity index (χ4v) is 3.78. The number of hydrazine groups is 1. The van der Waals surface area contributed by atoms with Gasteiger partial charge < -0.3 is 20.3 Å². The molecule has 0 amide bonds. The van der Waals surface area contributed by atoms with E-state index in [0.717, 1.165) is 50.3 Å². The van der Waals surface area contributed by atoms with Gasteiger partial charge >= 0.3 is 0 Å². The van der Waals surface area contributed by atoms with Crippen LogP contribution in [0.25, 0.3) is 0 Å². The van der Waals surface area contributed by atoms with Crippen molar-refractivity contribution in [3.8, 4) is 11.8 Å². The predicted molar refractivity (Wildman–Crippen MR) is 110 cm³/mol. The summed E-state index contributed by atoms with van der Waals surface area (Å²) in [6, 6.07) is 8.54. The van der Waals surface area contributed by atoms with E-state index in [2.05, 4.69) is 54.6 Å². The fourth-order valence-electron chi connectivity index (χ4n) is 3.78. The number of methoxy groups -OCH3 is 1. The molecule has 0 saturated carbocycles. The molecule has 2 aliphatic rings. The van der Waals surface area contributed by atoms with Crippen LogP contribution in [-0.4, -0.2) is 49.4 Å². The van der Waals surface area contributed by atoms with E-state index in [0.29, 0.717) is 11.5 Å². The molecule has 0 aliphatic carbocycles. The van der Waals surface area contributed by atoms with Crippen LogP contribution in [0.5, 0.6) is 5.75 Å². The lowest BCUT2D eigenvalue weighted by Crippen LogP contribution is -2.36. The van der Waals surface area contributed by atoms with Crippen molar-refractivity contribution in [1.82, 2.24) is 26.1 Å². The van der Waals surface area contributed by atoms with Gasteiger partial charge in [0.1, 0.15) is 17.6 Å². The van der Waals surface area contributed by atoms with Gasteiger partial charge in [0, 0.05) is 43.4 Å². The number of hydrogen-bond donors (Lipinski definition) is 4. The molecule has 152 valence electrons. The van der Waals surface area contributed by atoms with E-state index in [9.17, 15) is 0 Å². The van der Waals surface area contributed by atoms with Crippen molar-refractivity contribution in [2.45, 2.75) is 25.0 Å². The number of aromatic nitrogens is 2. The Hall–Kier alpha value is -2.93. The molecule has 2 atom stereocenters. The van der Waals surface area contributed by atoms with E-state index >= 15 is 0 Å². The molecule has 0 spiro atoms. The van der Waals surface area contributed by atoms with Crippen LogP contribution in [0.3, 0.4) is 0 Å². The van der Waals surface area contributed by atoms with E-state index in [1.165, 1.54) is 11.9 Å². The lowest BCUT2D eigenvalue weighted by molar-refractivity contribution is 0.402. The first-order valence-electron chi connectivity index (χ1n) is 9.90. The number of benzene rings is 1. The first-order valence-corrected chi connectivity index (χ1v) is 9.90. The van der Waals surface area contributed by atoms with Gasteiger partial charge in [-0.05, 0) is 19.0 Å². The van der Waals surface area contributed by atoms with Crippen LogP contribution in [0.15, 0.2) is 30.6 Å². The molecule has 4 rings (SSSR count). The summed E-state index contributed by atoms with van der Waals surface area (Å²) in [4.78, 5) is 10.7. The molecule has 9 heteroatoms. The van der Waals surface area contributed by atoms with E-state index in [1.54, 1.807) is 13.3 Å². The maximum Gasteiger partial charge on any atom is 0.158 e. The molecule has 1 aromatic carbocycles. The topological polar surface area (TPSA) is 110 Å². The third kappa shape index (κ3) is 4.56. The molecule has 0 bridgehead atoms.